The molecule has 0 unspecified atom stereocenters. The number of aryl methyl sites for hydroxylation is 1. The van der Waals surface area contributed by atoms with E-state index in [1.54, 1.807) is 25.3 Å². The van der Waals surface area contributed by atoms with E-state index in [1.165, 1.54) is 22.8 Å². The summed E-state index contributed by atoms with van der Waals surface area (Å²) in [5.41, 5.74) is 1.05. The lowest BCUT2D eigenvalue weighted by atomic mass is 10.2. The van der Waals surface area contributed by atoms with E-state index >= 15 is 0 Å². The Hall–Kier alpha value is -3.30. The smallest absolute Gasteiger partial charge is 0.312 e. The first-order valence-corrected chi connectivity index (χ1v) is 7.52. The van der Waals surface area contributed by atoms with Gasteiger partial charge in [-0.25, -0.2) is 4.79 Å². The van der Waals surface area contributed by atoms with Gasteiger partial charge < -0.3 is 10.3 Å². The summed E-state index contributed by atoms with van der Waals surface area (Å²) in [6.07, 6.45) is -1.73. The highest BCUT2D eigenvalue weighted by Crippen LogP contribution is 2.18. The third kappa shape index (κ3) is 3.85. The van der Waals surface area contributed by atoms with Crippen LogP contribution >= 0.6 is 0 Å². The molecule has 7 nitrogen and oxygen atoms in total. The summed E-state index contributed by atoms with van der Waals surface area (Å²) in [5, 5.41) is 6.10. The second-order valence-corrected chi connectivity index (χ2v) is 5.59. The van der Waals surface area contributed by atoms with E-state index in [0.717, 1.165) is 6.20 Å². The topological polar surface area (TPSA) is 84.7 Å². The minimum Gasteiger partial charge on any atom is -0.312 e. The Balaban J connectivity index is 1.79. The van der Waals surface area contributed by atoms with Gasteiger partial charge in [0.15, 0.2) is 5.82 Å². The number of amides is 1. The van der Waals surface area contributed by atoms with Gasteiger partial charge in [0.1, 0.15) is 6.54 Å². The molecule has 1 aromatic carbocycles. The number of halogens is 3. The van der Waals surface area contributed by atoms with Crippen LogP contribution < -0.4 is 11.0 Å². The van der Waals surface area contributed by atoms with Gasteiger partial charge in [-0.3, -0.25) is 14.0 Å². The molecule has 2 heterocycles. The van der Waals surface area contributed by atoms with Crippen molar-refractivity contribution in [3.63, 3.8) is 0 Å². The number of benzene rings is 1. The van der Waals surface area contributed by atoms with E-state index in [1.807, 2.05) is 0 Å². The third-order valence-electron chi connectivity index (χ3n) is 3.55. The minimum absolute atomic E-state index is 0.000329. The Kier molecular flexibility index (Phi) is 4.41. The molecule has 0 aliphatic rings. The number of nitrogens with one attached hydrogen (secondary N) is 2. The normalized spacial score (nSPS) is 11.5. The minimum atomic E-state index is -4.40. The Labute approximate surface area is 145 Å². The highest BCUT2D eigenvalue weighted by Gasteiger charge is 2.28. The predicted octanol–water partition coefficient (Wildman–Crippen LogP) is 2.49. The lowest BCUT2D eigenvalue weighted by Gasteiger charge is -2.07. The molecule has 0 atom stereocenters. The van der Waals surface area contributed by atoms with E-state index in [0.29, 0.717) is 16.1 Å². The van der Waals surface area contributed by atoms with Gasteiger partial charge in [-0.1, -0.05) is 6.07 Å². The van der Waals surface area contributed by atoms with Crippen molar-refractivity contribution < 1.29 is 18.0 Å². The summed E-state index contributed by atoms with van der Waals surface area (Å²) in [4.78, 5) is 26.7. The van der Waals surface area contributed by atoms with Crippen molar-refractivity contribution in [1.29, 1.82) is 0 Å². The van der Waals surface area contributed by atoms with E-state index in [9.17, 15) is 22.8 Å². The second kappa shape index (κ2) is 6.54. The monoisotopic (exact) mass is 365 g/mol. The summed E-state index contributed by atoms with van der Waals surface area (Å²) in [7, 11) is 0. The highest BCUT2D eigenvalue weighted by molar-refractivity contribution is 6.04. The number of rotatable bonds is 4. The molecule has 136 valence electrons. The number of H-pyrrole nitrogens is 1. The predicted molar refractivity (Wildman–Crippen MR) is 87.4 cm³/mol. The van der Waals surface area contributed by atoms with Crippen LogP contribution in [0.1, 0.15) is 16.1 Å². The molecule has 0 radical (unpaired) electrons. The molecule has 26 heavy (non-hydrogen) atoms. The van der Waals surface area contributed by atoms with Crippen LogP contribution in [0.3, 0.4) is 0 Å². The van der Waals surface area contributed by atoms with Crippen molar-refractivity contribution in [2.75, 3.05) is 5.32 Å². The molecule has 3 rings (SSSR count). The van der Waals surface area contributed by atoms with Crippen LogP contribution in [-0.4, -0.2) is 31.4 Å². The lowest BCUT2D eigenvalue weighted by Crippen LogP contribution is -2.19. The maximum atomic E-state index is 12.3. The zero-order chi connectivity index (χ0) is 18.9. The van der Waals surface area contributed by atoms with Gasteiger partial charge in [0, 0.05) is 29.7 Å². The Morgan fingerprint density at radius 2 is 2.08 bits per heavy atom. The van der Waals surface area contributed by atoms with Gasteiger partial charge >= 0.3 is 11.9 Å². The molecule has 0 bridgehead atoms. The fourth-order valence-electron chi connectivity index (χ4n) is 2.45. The van der Waals surface area contributed by atoms with E-state index in [2.05, 4.69) is 15.4 Å². The molecule has 0 saturated carbocycles. The SMILES string of the molecule is Cc1c[nH]c(=O)n1-c1cccc(C(=O)Nc2ccn(CC(F)(F)F)n2)c1. The average Bonchev–Trinajstić information content (AvgIpc) is 3.12. The number of anilines is 1. The molecule has 10 heteroatoms. The maximum Gasteiger partial charge on any atom is 0.408 e. The number of nitrogens with zero attached hydrogens (tertiary/aromatic N) is 3. The first-order chi connectivity index (χ1) is 12.2. The van der Waals surface area contributed by atoms with Gasteiger partial charge in [0.25, 0.3) is 5.91 Å². The zero-order valence-corrected chi connectivity index (χ0v) is 13.5. The van der Waals surface area contributed by atoms with Crippen LogP contribution in [0.4, 0.5) is 19.0 Å². The van der Waals surface area contributed by atoms with Crippen LogP contribution in [-0.2, 0) is 6.54 Å². The van der Waals surface area contributed by atoms with Crippen molar-refractivity contribution in [1.82, 2.24) is 19.3 Å². The fourth-order valence-corrected chi connectivity index (χ4v) is 2.45. The maximum absolute atomic E-state index is 12.3. The fraction of sp³-hybridized carbons (Fsp3) is 0.188. The standard InChI is InChI=1S/C16H14F3N5O2/c1-10-8-20-15(26)24(10)12-4-2-3-11(7-12)14(25)21-13-5-6-23(22-13)9-16(17,18)19/h2-8H,9H2,1H3,(H,20,26)(H,21,22,25). The lowest BCUT2D eigenvalue weighted by molar-refractivity contribution is -0.142. The van der Waals surface area contributed by atoms with Crippen molar-refractivity contribution in [3.05, 3.63) is 64.5 Å². The van der Waals surface area contributed by atoms with Crippen LogP contribution in [0.2, 0.25) is 0 Å². The second-order valence-electron chi connectivity index (χ2n) is 5.59. The van der Waals surface area contributed by atoms with Gasteiger partial charge in [-0.15, -0.1) is 0 Å². The van der Waals surface area contributed by atoms with Crippen LogP contribution in [0.5, 0.6) is 0 Å². The van der Waals surface area contributed by atoms with E-state index < -0.39 is 18.6 Å². The van der Waals surface area contributed by atoms with E-state index in [4.69, 9.17) is 0 Å². The number of imidazole rings is 1. The van der Waals surface area contributed by atoms with Crippen LogP contribution in [0.25, 0.3) is 5.69 Å². The Bertz CT molecular complexity index is 1000. The molecule has 0 fully saturated rings. The quantitative estimate of drug-likeness (QED) is 0.745. The van der Waals surface area contributed by atoms with Crippen LogP contribution in [0, 0.1) is 6.92 Å². The van der Waals surface area contributed by atoms with Crippen molar-refractivity contribution >= 4 is 11.7 Å². The molecular weight excluding hydrogens is 351 g/mol. The van der Waals surface area contributed by atoms with E-state index in [-0.39, 0.29) is 17.1 Å². The van der Waals surface area contributed by atoms with Gasteiger partial charge in [0.05, 0.1) is 5.69 Å². The highest BCUT2D eigenvalue weighted by atomic mass is 19.4. The third-order valence-corrected chi connectivity index (χ3v) is 3.55. The summed E-state index contributed by atoms with van der Waals surface area (Å²) < 4.78 is 39.1. The molecule has 0 aliphatic heterocycles. The Morgan fingerprint density at radius 1 is 1.31 bits per heavy atom. The average molecular weight is 365 g/mol. The first-order valence-electron chi connectivity index (χ1n) is 7.52. The summed E-state index contributed by atoms with van der Waals surface area (Å²) in [6.45, 7) is 0.492. The number of carbonyl (C=O) groups is 1. The number of alkyl halides is 3. The van der Waals surface area contributed by atoms with Crippen molar-refractivity contribution in [2.24, 2.45) is 0 Å². The number of hydrogen-bond acceptors (Lipinski definition) is 3. The summed E-state index contributed by atoms with van der Waals surface area (Å²) >= 11 is 0. The van der Waals surface area contributed by atoms with Crippen molar-refractivity contribution in [3.8, 4) is 5.69 Å². The molecule has 0 saturated heterocycles. The summed E-state index contributed by atoms with van der Waals surface area (Å²) in [5.74, 6) is -0.551. The number of carbonyl (C=O) groups excluding carboxylic acids is 1. The first kappa shape index (κ1) is 17.5. The number of aromatic nitrogens is 4. The molecule has 1 amide bonds. The number of aromatic amines is 1. The molecule has 2 aromatic heterocycles. The van der Waals surface area contributed by atoms with Crippen LogP contribution in [0.15, 0.2) is 47.5 Å². The van der Waals surface area contributed by atoms with Gasteiger partial charge in [-0.05, 0) is 25.1 Å². The molecule has 0 aliphatic carbocycles. The summed E-state index contributed by atoms with van der Waals surface area (Å²) in [6, 6.07) is 7.57. The molecular formula is C16H14F3N5O2. The van der Waals surface area contributed by atoms with Crippen molar-refractivity contribution in [2.45, 2.75) is 19.6 Å². The van der Waals surface area contributed by atoms with Gasteiger partial charge in [0.2, 0.25) is 0 Å². The molecule has 3 aromatic rings. The molecule has 0 spiro atoms. The molecule has 2 N–H and O–H groups in total. The Morgan fingerprint density at radius 3 is 2.73 bits per heavy atom. The largest absolute Gasteiger partial charge is 0.408 e. The number of hydrogen-bond donors (Lipinski definition) is 2. The van der Waals surface area contributed by atoms with Gasteiger partial charge in [-0.2, -0.15) is 18.3 Å². The zero-order valence-electron chi connectivity index (χ0n) is 13.5.